The van der Waals surface area contributed by atoms with E-state index in [1.54, 1.807) is 12.1 Å². The zero-order chi connectivity index (χ0) is 12.0. The Morgan fingerprint density at radius 1 is 1.38 bits per heavy atom. The Hall–Kier alpha value is -1.24. The van der Waals surface area contributed by atoms with Crippen LogP contribution in [0.15, 0.2) is 18.2 Å². The van der Waals surface area contributed by atoms with Crippen molar-refractivity contribution in [1.29, 1.82) is 5.26 Å². The molecule has 0 bridgehead atoms. The number of nitriles is 1. The van der Waals surface area contributed by atoms with E-state index in [-0.39, 0.29) is 5.91 Å². The van der Waals surface area contributed by atoms with Gasteiger partial charge < -0.3 is 5.32 Å². The van der Waals surface area contributed by atoms with Gasteiger partial charge in [0.05, 0.1) is 16.1 Å². The van der Waals surface area contributed by atoms with Gasteiger partial charge in [0.15, 0.2) is 0 Å². The fourth-order valence-corrected chi connectivity index (χ4v) is 1.41. The van der Waals surface area contributed by atoms with Crippen molar-refractivity contribution in [3.8, 4) is 6.07 Å². The molecule has 0 atom stereocenters. The van der Waals surface area contributed by atoms with Gasteiger partial charge in [-0.25, -0.2) is 0 Å². The van der Waals surface area contributed by atoms with Gasteiger partial charge in [0, 0.05) is 18.5 Å². The first kappa shape index (κ1) is 12.8. The predicted octanol–water partition coefficient (Wildman–Crippen LogP) is 3.03. The lowest BCUT2D eigenvalue weighted by atomic mass is 10.2. The molecule has 0 unspecified atom stereocenters. The minimum Gasteiger partial charge on any atom is -0.352 e. The molecule has 1 aromatic carbocycles. The van der Waals surface area contributed by atoms with Crippen molar-refractivity contribution >= 4 is 29.1 Å². The number of unbranched alkanes of at least 4 members (excludes halogenated alkanes) is 1. The van der Waals surface area contributed by atoms with Gasteiger partial charge in [0.25, 0.3) is 5.91 Å². The summed E-state index contributed by atoms with van der Waals surface area (Å²) in [5, 5.41) is 11.8. The van der Waals surface area contributed by atoms with Crippen LogP contribution in [0.25, 0.3) is 0 Å². The van der Waals surface area contributed by atoms with Gasteiger partial charge >= 0.3 is 0 Å². The molecular formula is C11H10Cl2N2O. The molecule has 0 saturated heterocycles. The Labute approximate surface area is 104 Å². The van der Waals surface area contributed by atoms with E-state index in [1.807, 2.05) is 6.07 Å². The van der Waals surface area contributed by atoms with Crippen molar-refractivity contribution in [2.75, 3.05) is 6.54 Å². The van der Waals surface area contributed by atoms with E-state index >= 15 is 0 Å². The van der Waals surface area contributed by atoms with E-state index in [2.05, 4.69) is 5.32 Å². The standard InChI is InChI=1S/C11H10Cl2N2O/c12-9-4-3-8(7-10(9)13)11(16)15-6-2-1-5-14/h3-4,7H,1-2,6H2,(H,15,16). The monoisotopic (exact) mass is 256 g/mol. The third-order valence-corrected chi connectivity index (χ3v) is 2.67. The highest BCUT2D eigenvalue weighted by molar-refractivity contribution is 6.42. The van der Waals surface area contributed by atoms with Crippen molar-refractivity contribution in [1.82, 2.24) is 5.32 Å². The molecule has 0 spiro atoms. The molecule has 1 N–H and O–H groups in total. The number of halogens is 2. The van der Waals surface area contributed by atoms with Gasteiger partial charge in [-0.05, 0) is 24.6 Å². The normalized spacial score (nSPS) is 9.56. The molecule has 1 rings (SSSR count). The Bertz CT molecular complexity index is 426. The van der Waals surface area contributed by atoms with E-state index in [4.69, 9.17) is 28.5 Å². The average molecular weight is 257 g/mol. The number of amides is 1. The third kappa shape index (κ3) is 3.73. The maximum Gasteiger partial charge on any atom is 0.251 e. The second kappa shape index (κ2) is 6.37. The number of benzene rings is 1. The molecule has 0 aliphatic rings. The zero-order valence-corrected chi connectivity index (χ0v) is 9.98. The fourth-order valence-electron chi connectivity index (χ4n) is 1.11. The zero-order valence-electron chi connectivity index (χ0n) is 8.46. The summed E-state index contributed by atoms with van der Waals surface area (Å²) in [6.07, 6.45) is 1.07. The minimum absolute atomic E-state index is 0.212. The molecule has 0 aliphatic heterocycles. The smallest absolute Gasteiger partial charge is 0.251 e. The van der Waals surface area contributed by atoms with E-state index in [9.17, 15) is 4.79 Å². The molecule has 5 heteroatoms. The van der Waals surface area contributed by atoms with Crippen LogP contribution < -0.4 is 5.32 Å². The van der Waals surface area contributed by atoms with Crippen LogP contribution in [-0.4, -0.2) is 12.5 Å². The number of carbonyl (C=O) groups is 1. The first-order valence-electron chi connectivity index (χ1n) is 4.75. The summed E-state index contributed by atoms with van der Waals surface area (Å²) in [4.78, 5) is 11.6. The molecule has 0 aliphatic carbocycles. The summed E-state index contributed by atoms with van der Waals surface area (Å²) in [5.41, 5.74) is 0.464. The summed E-state index contributed by atoms with van der Waals surface area (Å²) < 4.78 is 0. The summed E-state index contributed by atoms with van der Waals surface area (Å²) in [6.45, 7) is 0.479. The van der Waals surface area contributed by atoms with Crippen molar-refractivity contribution in [3.63, 3.8) is 0 Å². The molecule has 0 heterocycles. The Morgan fingerprint density at radius 3 is 2.75 bits per heavy atom. The molecule has 84 valence electrons. The van der Waals surface area contributed by atoms with E-state index in [0.29, 0.717) is 35.0 Å². The molecule has 16 heavy (non-hydrogen) atoms. The molecule has 0 radical (unpaired) electrons. The average Bonchev–Trinajstić information content (AvgIpc) is 2.28. The number of nitrogens with zero attached hydrogens (tertiary/aromatic N) is 1. The highest BCUT2D eigenvalue weighted by Gasteiger charge is 2.06. The Kier molecular flexibility index (Phi) is 5.10. The predicted molar refractivity (Wildman–Crippen MR) is 63.6 cm³/mol. The van der Waals surface area contributed by atoms with Crippen LogP contribution in [-0.2, 0) is 0 Å². The lowest BCUT2D eigenvalue weighted by Gasteiger charge is -2.04. The molecule has 3 nitrogen and oxygen atoms in total. The van der Waals surface area contributed by atoms with Gasteiger partial charge in [0.2, 0.25) is 0 Å². The number of carbonyl (C=O) groups excluding carboxylic acids is 1. The summed E-state index contributed by atoms with van der Waals surface area (Å²) in [6, 6.07) is 6.71. The number of hydrogen-bond donors (Lipinski definition) is 1. The van der Waals surface area contributed by atoms with Gasteiger partial charge in [-0.1, -0.05) is 23.2 Å². The maximum absolute atomic E-state index is 11.6. The lowest BCUT2D eigenvalue weighted by molar-refractivity contribution is 0.0953. The van der Waals surface area contributed by atoms with Crippen molar-refractivity contribution in [3.05, 3.63) is 33.8 Å². The van der Waals surface area contributed by atoms with Crippen LogP contribution in [0.3, 0.4) is 0 Å². The van der Waals surface area contributed by atoms with E-state index in [1.165, 1.54) is 6.07 Å². The van der Waals surface area contributed by atoms with Crippen LogP contribution in [0.5, 0.6) is 0 Å². The van der Waals surface area contributed by atoms with Crippen molar-refractivity contribution in [2.45, 2.75) is 12.8 Å². The molecule has 1 amide bonds. The highest BCUT2D eigenvalue weighted by Crippen LogP contribution is 2.22. The molecule has 1 aromatic rings. The van der Waals surface area contributed by atoms with Gasteiger partial charge in [-0.15, -0.1) is 0 Å². The lowest BCUT2D eigenvalue weighted by Crippen LogP contribution is -2.24. The topological polar surface area (TPSA) is 52.9 Å². The summed E-state index contributed by atoms with van der Waals surface area (Å²) in [5.74, 6) is -0.212. The molecule has 0 aromatic heterocycles. The van der Waals surface area contributed by atoms with E-state index < -0.39 is 0 Å². The second-order valence-electron chi connectivity index (χ2n) is 3.15. The summed E-state index contributed by atoms with van der Waals surface area (Å²) >= 11 is 11.5. The maximum atomic E-state index is 11.6. The first-order valence-corrected chi connectivity index (χ1v) is 5.51. The summed E-state index contributed by atoms with van der Waals surface area (Å²) in [7, 11) is 0. The van der Waals surface area contributed by atoms with Crippen molar-refractivity contribution < 1.29 is 4.79 Å². The quantitative estimate of drug-likeness (QED) is 0.843. The van der Waals surface area contributed by atoms with Crippen molar-refractivity contribution in [2.24, 2.45) is 0 Å². The molecule has 0 fully saturated rings. The molecular weight excluding hydrogens is 247 g/mol. The van der Waals surface area contributed by atoms with Crippen LogP contribution in [0, 0.1) is 11.3 Å². The van der Waals surface area contributed by atoms with Crippen LogP contribution >= 0.6 is 23.2 Å². The number of rotatable bonds is 4. The fraction of sp³-hybridized carbons (Fsp3) is 0.273. The van der Waals surface area contributed by atoms with Gasteiger partial charge in [-0.3, -0.25) is 4.79 Å². The minimum atomic E-state index is -0.212. The Balaban J connectivity index is 2.53. The van der Waals surface area contributed by atoms with Gasteiger partial charge in [0.1, 0.15) is 0 Å². The largest absolute Gasteiger partial charge is 0.352 e. The van der Waals surface area contributed by atoms with Gasteiger partial charge in [-0.2, -0.15) is 5.26 Å². The van der Waals surface area contributed by atoms with Crippen LogP contribution in [0.2, 0.25) is 10.0 Å². The second-order valence-corrected chi connectivity index (χ2v) is 3.96. The van der Waals surface area contributed by atoms with Crippen LogP contribution in [0.1, 0.15) is 23.2 Å². The SMILES string of the molecule is N#CCCCNC(=O)c1ccc(Cl)c(Cl)c1. The Morgan fingerprint density at radius 2 is 2.12 bits per heavy atom. The molecule has 0 saturated carbocycles. The van der Waals surface area contributed by atoms with Crippen LogP contribution in [0.4, 0.5) is 0 Å². The number of hydrogen-bond acceptors (Lipinski definition) is 2. The number of nitrogens with one attached hydrogen (secondary N) is 1. The highest BCUT2D eigenvalue weighted by atomic mass is 35.5. The third-order valence-electron chi connectivity index (χ3n) is 1.93. The van der Waals surface area contributed by atoms with E-state index in [0.717, 1.165) is 0 Å². The first-order chi connectivity index (χ1) is 7.65.